The van der Waals surface area contributed by atoms with E-state index in [1.165, 1.54) is 4.90 Å². The van der Waals surface area contributed by atoms with Crippen LogP contribution in [-0.2, 0) is 4.74 Å². The summed E-state index contributed by atoms with van der Waals surface area (Å²) in [5.74, 6) is -1.85. The monoisotopic (exact) mass is 282 g/mol. The van der Waals surface area contributed by atoms with Crippen molar-refractivity contribution in [3.63, 3.8) is 0 Å². The number of nitrogens with zero attached hydrogens (tertiary/aromatic N) is 1. The highest BCUT2D eigenvalue weighted by Crippen LogP contribution is 2.17. The molecule has 0 aliphatic carbocycles. The number of aromatic carboxylic acids is 1. The summed E-state index contributed by atoms with van der Waals surface area (Å²) in [5.41, 5.74) is -0.221. The van der Waals surface area contributed by atoms with Crippen molar-refractivity contribution >= 4 is 17.7 Å². The largest absolute Gasteiger partial charge is 0.478 e. The molecule has 1 aromatic carbocycles. The number of carbonyl (C=O) groups excluding carboxylic acids is 1. The van der Waals surface area contributed by atoms with Gasteiger partial charge in [-0.15, -0.1) is 0 Å². The molecule has 1 saturated heterocycles. The second kappa shape index (κ2) is 6.33. The summed E-state index contributed by atoms with van der Waals surface area (Å²) in [5, 5.41) is 11.3. The van der Waals surface area contributed by atoms with Crippen molar-refractivity contribution in [3.8, 4) is 0 Å². The molecular formula is C13H15FN2O4. The number of ether oxygens (including phenoxy) is 1. The van der Waals surface area contributed by atoms with E-state index in [4.69, 9.17) is 9.84 Å². The first-order chi connectivity index (χ1) is 9.58. The van der Waals surface area contributed by atoms with Crippen molar-refractivity contribution < 1.29 is 23.8 Å². The van der Waals surface area contributed by atoms with Crippen LogP contribution >= 0.6 is 0 Å². The van der Waals surface area contributed by atoms with Crippen LogP contribution in [0.15, 0.2) is 18.2 Å². The molecule has 1 heterocycles. The number of hydrogen-bond acceptors (Lipinski definition) is 3. The molecular weight excluding hydrogens is 267 g/mol. The molecule has 0 saturated carbocycles. The predicted octanol–water partition coefficient (Wildman–Crippen LogP) is 1.78. The fraction of sp³-hybridized carbons (Fsp3) is 0.385. The van der Waals surface area contributed by atoms with Gasteiger partial charge in [-0.2, -0.15) is 0 Å². The van der Waals surface area contributed by atoms with Gasteiger partial charge in [-0.25, -0.2) is 14.0 Å². The molecule has 2 rings (SSSR count). The molecule has 20 heavy (non-hydrogen) atoms. The number of carbonyl (C=O) groups is 2. The van der Waals surface area contributed by atoms with E-state index < -0.39 is 17.8 Å². The predicted molar refractivity (Wildman–Crippen MR) is 69.4 cm³/mol. The molecule has 1 aromatic rings. The molecule has 0 bridgehead atoms. The molecule has 0 spiro atoms. The standard InChI is InChI=1S/C13H15FN2O4/c14-10-3-2-9(12(17)18)8-11(10)15-13(19)16-4-1-6-20-7-5-16/h2-3,8H,1,4-7H2,(H,15,19)(H,17,18). The summed E-state index contributed by atoms with van der Waals surface area (Å²) in [7, 11) is 0. The third-order valence-corrected chi connectivity index (χ3v) is 2.96. The number of nitrogens with one attached hydrogen (secondary N) is 1. The molecule has 0 radical (unpaired) electrons. The molecule has 108 valence electrons. The van der Waals surface area contributed by atoms with Gasteiger partial charge in [0.2, 0.25) is 0 Å². The number of urea groups is 1. The number of hydrogen-bond donors (Lipinski definition) is 2. The van der Waals surface area contributed by atoms with E-state index in [9.17, 15) is 14.0 Å². The average molecular weight is 282 g/mol. The zero-order valence-electron chi connectivity index (χ0n) is 10.8. The maximum atomic E-state index is 13.6. The number of amides is 2. The number of anilines is 1. The van der Waals surface area contributed by atoms with Gasteiger partial charge >= 0.3 is 12.0 Å². The first-order valence-corrected chi connectivity index (χ1v) is 6.24. The minimum absolute atomic E-state index is 0.0825. The van der Waals surface area contributed by atoms with Gasteiger partial charge in [-0.05, 0) is 24.6 Å². The molecule has 7 heteroatoms. The second-order valence-corrected chi connectivity index (χ2v) is 4.38. The van der Waals surface area contributed by atoms with Gasteiger partial charge in [0, 0.05) is 19.7 Å². The zero-order valence-corrected chi connectivity index (χ0v) is 10.8. The van der Waals surface area contributed by atoms with Gasteiger partial charge in [0.1, 0.15) is 5.82 Å². The van der Waals surface area contributed by atoms with Gasteiger partial charge in [-0.3, -0.25) is 0 Å². The summed E-state index contributed by atoms with van der Waals surface area (Å²) >= 11 is 0. The van der Waals surface area contributed by atoms with Crippen LogP contribution in [0.2, 0.25) is 0 Å². The van der Waals surface area contributed by atoms with Crippen molar-refractivity contribution in [2.24, 2.45) is 0 Å². The number of carboxylic acids is 1. The van der Waals surface area contributed by atoms with Gasteiger partial charge in [0.25, 0.3) is 0 Å². The van der Waals surface area contributed by atoms with E-state index in [0.717, 1.165) is 18.2 Å². The molecule has 6 nitrogen and oxygen atoms in total. The summed E-state index contributed by atoms with van der Waals surface area (Å²) < 4.78 is 18.8. The first kappa shape index (κ1) is 14.3. The Balaban J connectivity index is 2.10. The Bertz CT molecular complexity index is 513. The van der Waals surface area contributed by atoms with Crippen molar-refractivity contribution in [2.75, 3.05) is 31.6 Å². The van der Waals surface area contributed by atoms with Gasteiger partial charge in [0.05, 0.1) is 17.9 Å². The minimum Gasteiger partial charge on any atom is -0.478 e. The van der Waals surface area contributed by atoms with Crippen LogP contribution in [0, 0.1) is 5.82 Å². The van der Waals surface area contributed by atoms with E-state index in [0.29, 0.717) is 32.7 Å². The summed E-state index contributed by atoms with van der Waals surface area (Å²) in [6, 6.07) is 2.80. The molecule has 0 unspecified atom stereocenters. The highest BCUT2D eigenvalue weighted by Gasteiger charge is 2.17. The molecule has 0 atom stereocenters. The highest BCUT2D eigenvalue weighted by molar-refractivity contribution is 5.93. The van der Waals surface area contributed by atoms with Crippen molar-refractivity contribution in [1.29, 1.82) is 0 Å². The molecule has 2 N–H and O–H groups in total. The lowest BCUT2D eigenvalue weighted by atomic mass is 10.2. The Morgan fingerprint density at radius 3 is 2.85 bits per heavy atom. The highest BCUT2D eigenvalue weighted by atomic mass is 19.1. The summed E-state index contributed by atoms with van der Waals surface area (Å²) in [4.78, 5) is 24.3. The summed E-state index contributed by atoms with van der Waals surface area (Å²) in [6.07, 6.45) is 0.713. The van der Waals surface area contributed by atoms with Gasteiger partial charge in [-0.1, -0.05) is 0 Å². The Morgan fingerprint density at radius 1 is 1.30 bits per heavy atom. The Hall–Kier alpha value is -2.15. The maximum Gasteiger partial charge on any atom is 0.335 e. The van der Waals surface area contributed by atoms with Crippen LogP contribution in [-0.4, -0.2) is 48.3 Å². The fourth-order valence-electron chi connectivity index (χ4n) is 1.90. The van der Waals surface area contributed by atoms with Crippen LogP contribution in [0.4, 0.5) is 14.9 Å². The zero-order chi connectivity index (χ0) is 14.5. The Kier molecular flexibility index (Phi) is 4.52. The Labute approximate surface area is 115 Å². The van der Waals surface area contributed by atoms with Crippen molar-refractivity contribution in [1.82, 2.24) is 4.90 Å². The van der Waals surface area contributed by atoms with Crippen LogP contribution in [0.1, 0.15) is 16.8 Å². The number of halogens is 1. The minimum atomic E-state index is -1.18. The normalized spacial score (nSPS) is 15.6. The van der Waals surface area contributed by atoms with Crippen molar-refractivity contribution in [3.05, 3.63) is 29.6 Å². The third kappa shape index (κ3) is 3.45. The van der Waals surface area contributed by atoms with Crippen LogP contribution < -0.4 is 5.32 Å². The lowest BCUT2D eigenvalue weighted by Crippen LogP contribution is -2.37. The molecule has 0 aromatic heterocycles. The molecule has 1 aliphatic rings. The van der Waals surface area contributed by atoms with Gasteiger partial charge < -0.3 is 20.1 Å². The molecule has 1 fully saturated rings. The SMILES string of the molecule is O=C(O)c1ccc(F)c(NC(=O)N2CCCOCC2)c1. The van der Waals surface area contributed by atoms with E-state index >= 15 is 0 Å². The van der Waals surface area contributed by atoms with Crippen molar-refractivity contribution in [2.45, 2.75) is 6.42 Å². The van der Waals surface area contributed by atoms with Crippen LogP contribution in [0.25, 0.3) is 0 Å². The smallest absolute Gasteiger partial charge is 0.335 e. The maximum absolute atomic E-state index is 13.6. The summed E-state index contributed by atoms with van der Waals surface area (Å²) in [6.45, 7) is 1.97. The first-order valence-electron chi connectivity index (χ1n) is 6.24. The molecule has 2 amide bonds. The second-order valence-electron chi connectivity index (χ2n) is 4.38. The lowest BCUT2D eigenvalue weighted by Gasteiger charge is -2.20. The average Bonchev–Trinajstić information content (AvgIpc) is 2.70. The van der Waals surface area contributed by atoms with Crippen LogP contribution in [0.3, 0.4) is 0 Å². The van der Waals surface area contributed by atoms with E-state index in [-0.39, 0.29) is 11.3 Å². The topological polar surface area (TPSA) is 78.9 Å². The fourth-order valence-corrected chi connectivity index (χ4v) is 1.90. The number of carboxylic acid groups (broad SMARTS) is 1. The van der Waals surface area contributed by atoms with Crippen LogP contribution in [0.5, 0.6) is 0 Å². The third-order valence-electron chi connectivity index (χ3n) is 2.96. The number of rotatable bonds is 2. The van der Waals surface area contributed by atoms with E-state index in [1.807, 2.05) is 0 Å². The van der Waals surface area contributed by atoms with Gasteiger partial charge in [0.15, 0.2) is 0 Å². The van der Waals surface area contributed by atoms with E-state index in [2.05, 4.69) is 5.32 Å². The van der Waals surface area contributed by atoms with E-state index in [1.54, 1.807) is 0 Å². The number of benzene rings is 1. The quantitative estimate of drug-likeness (QED) is 0.866. The lowest BCUT2D eigenvalue weighted by molar-refractivity contribution is 0.0697. The Morgan fingerprint density at radius 2 is 2.10 bits per heavy atom. The molecule has 1 aliphatic heterocycles.